The minimum atomic E-state index is -4.80. The topological polar surface area (TPSA) is 74.2 Å². The number of hydrogen-bond donors (Lipinski definition) is 2. The number of carbonyl (C=O) groups is 1. The highest BCUT2D eigenvalue weighted by Gasteiger charge is 2.32. The summed E-state index contributed by atoms with van der Waals surface area (Å²) in [6.07, 6.45) is 0.949. The average molecular weight is 409 g/mol. The Morgan fingerprint density at radius 1 is 1.34 bits per heavy atom. The van der Waals surface area contributed by atoms with Gasteiger partial charge in [-0.1, -0.05) is 23.8 Å². The van der Waals surface area contributed by atoms with Gasteiger partial charge in [-0.05, 0) is 26.8 Å². The molecule has 9 heteroatoms. The number of ether oxygens (including phenoxy) is 1. The standard InChI is InChI=1S/C17H18F3N3O3.C3H4/c1-10(2)15-12(8-14(24)23(25)16(15)21-3)22-9-11-6-4-5-7-13(11)26-17(18,19)20;1-3-2/h4-8,22,25H,9H2,1-3H3;1H,2H3. The van der Waals surface area contributed by atoms with E-state index in [-0.39, 0.29) is 23.7 Å². The van der Waals surface area contributed by atoms with Gasteiger partial charge < -0.3 is 10.1 Å². The molecule has 0 saturated carbocycles. The number of alkyl halides is 3. The number of amides is 1. The van der Waals surface area contributed by atoms with Gasteiger partial charge >= 0.3 is 6.36 Å². The summed E-state index contributed by atoms with van der Waals surface area (Å²) < 4.78 is 41.6. The first-order valence-corrected chi connectivity index (χ1v) is 8.40. The number of carbonyl (C=O) groups excluding carboxylic acids is 1. The number of amidine groups is 1. The first kappa shape index (κ1) is 23.8. The van der Waals surface area contributed by atoms with E-state index in [0.717, 1.165) is 11.6 Å². The van der Waals surface area contributed by atoms with Crippen LogP contribution < -0.4 is 10.1 Å². The Labute approximate surface area is 167 Å². The number of hydrogen-bond acceptors (Lipinski definition) is 5. The number of terminal acetylenes is 1. The van der Waals surface area contributed by atoms with Crippen molar-refractivity contribution < 1.29 is 27.9 Å². The largest absolute Gasteiger partial charge is 0.573 e. The number of rotatable bonds is 4. The second-order valence-electron chi connectivity index (χ2n) is 5.93. The molecule has 29 heavy (non-hydrogen) atoms. The Morgan fingerprint density at radius 3 is 2.45 bits per heavy atom. The Hall–Kier alpha value is -3.25. The lowest BCUT2D eigenvalue weighted by atomic mass is 10.0. The number of nitrogens with zero attached hydrogens (tertiary/aromatic N) is 2. The van der Waals surface area contributed by atoms with Crippen LogP contribution in [0.3, 0.4) is 0 Å². The van der Waals surface area contributed by atoms with E-state index >= 15 is 0 Å². The number of halogens is 3. The molecule has 0 bridgehead atoms. The van der Waals surface area contributed by atoms with Gasteiger partial charge in [-0.3, -0.25) is 15.0 Å². The van der Waals surface area contributed by atoms with Crippen LogP contribution in [0.2, 0.25) is 0 Å². The maximum atomic E-state index is 12.5. The lowest BCUT2D eigenvalue weighted by Crippen LogP contribution is -2.40. The number of nitrogens with one attached hydrogen (secondary N) is 1. The van der Waals surface area contributed by atoms with Crippen LogP contribution in [-0.2, 0) is 11.3 Å². The molecule has 1 amide bonds. The van der Waals surface area contributed by atoms with E-state index < -0.39 is 12.3 Å². The smallest absolute Gasteiger partial charge is 0.405 e. The third-order valence-electron chi connectivity index (χ3n) is 3.55. The van der Waals surface area contributed by atoms with Gasteiger partial charge in [-0.2, -0.15) is 5.06 Å². The second-order valence-corrected chi connectivity index (χ2v) is 5.93. The van der Waals surface area contributed by atoms with Crippen molar-refractivity contribution in [3.8, 4) is 18.1 Å². The first-order chi connectivity index (χ1) is 13.6. The molecule has 0 radical (unpaired) electrons. The number of benzene rings is 1. The molecule has 0 atom stereocenters. The predicted octanol–water partition coefficient (Wildman–Crippen LogP) is 3.79. The highest BCUT2D eigenvalue weighted by Crippen LogP contribution is 2.27. The van der Waals surface area contributed by atoms with Crippen molar-refractivity contribution in [3.63, 3.8) is 0 Å². The lowest BCUT2D eigenvalue weighted by molar-refractivity contribution is -0.274. The van der Waals surface area contributed by atoms with Crippen molar-refractivity contribution in [2.45, 2.75) is 33.7 Å². The van der Waals surface area contributed by atoms with E-state index in [4.69, 9.17) is 0 Å². The van der Waals surface area contributed by atoms with Gasteiger partial charge in [0.05, 0.1) is 5.70 Å². The normalized spacial score (nSPS) is 15.2. The van der Waals surface area contributed by atoms with Crippen LogP contribution in [0, 0.1) is 12.3 Å². The van der Waals surface area contributed by atoms with Crippen LogP contribution in [-0.4, -0.2) is 35.4 Å². The molecule has 0 unspecified atom stereocenters. The second kappa shape index (κ2) is 10.3. The zero-order valence-corrected chi connectivity index (χ0v) is 16.5. The van der Waals surface area contributed by atoms with Crippen LogP contribution in [0.4, 0.5) is 13.2 Å². The van der Waals surface area contributed by atoms with Crippen LogP contribution in [0.25, 0.3) is 0 Å². The molecule has 0 spiro atoms. The highest BCUT2D eigenvalue weighted by molar-refractivity contribution is 6.15. The number of hydroxylamine groups is 2. The summed E-state index contributed by atoms with van der Waals surface area (Å²) in [6, 6.07) is 5.70. The number of aliphatic imine (C=N–C) groups is 1. The maximum absolute atomic E-state index is 12.5. The van der Waals surface area contributed by atoms with Crippen molar-refractivity contribution in [2.24, 2.45) is 4.99 Å². The molecule has 1 aliphatic rings. The summed E-state index contributed by atoms with van der Waals surface area (Å²) in [5.41, 5.74) is 1.86. The van der Waals surface area contributed by atoms with Gasteiger partial charge in [0.1, 0.15) is 5.75 Å². The Balaban J connectivity index is 0.00000132. The average Bonchev–Trinajstić information content (AvgIpc) is 2.62. The molecule has 0 aromatic heterocycles. The summed E-state index contributed by atoms with van der Waals surface area (Å²) in [5.74, 6) is 1.26. The molecule has 0 aliphatic carbocycles. The first-order valence-electron chi connectivity index (χ1n) is 8.40. The van der Waals surface area contributed by atoms with Gasteiger partial charge in [-0.25, -0.2) is 0 Å². The predicted molar refractivity (Wildman–Crippen MR) is 103 cm³/mol. The van der Waals surface area contributed by atoms with Crippen LogP contribution >= 0.6 is 0 Å². The van der Waals surface area contributed by atoms with Gasteiger partial charge in [-0.15, -0.1) is 25.5 Å². The monoisotopic (exact) mass is 409 g/mol. The van der Waals surface area contributed by atoms with E-state index in [1.165, 1.54) is 25.2 Å². The Morgan fingerprint density at radius 2 is 1.93 bits per heavy atom. The molecular formula is C20H22F3N3O3. The van der Waals surface area contributed by atoms with E-state index in [2.05, 4.69) is 27.4 Å². The third kappa shape index (κ3) is 6.69. The zero-order chi connectivity index (χ0) is 22.2. The fourth-order valence-electron chi connectivity index (χ4n) is 2.49. The summed E-state index contributed by atoms with van der Waals surface area (Å²) in [6.45, 7) is 5.16. The van der Waals surface area contributed by atoms with Gasteiger partial charge in [0.15, 0.2) is 5.84 Å². The molecule has 156 valence electrons. The molecule has 6 nitrogen and oxygen atoms in total. The van der Waals surface area contributed by atoms with E-state index in [9.17, 15) is 23.2 Å². The third-order valence-corrected chi connectivity index (χ3v) is 3.55. The van der Waals surface area contributed by atoms with Gasteiger partial charge in [0.25, 0.3) is 5.91 Å². The molecule has 0 fully saturated rings. The number of para-hydroxylation sites is 1. The van der Waals surface area contributed by atoms with Crippen molar-refractivity contribution in [2.75, 3.05) is 7.05 Å². The van der Waals surface area contributed by atoms with E-state index in [1.54, 1.807) is 26.8 Å². The Bertz CT molecular complexity index is 877. The van der Waals surface area contributed by atoms with Gasteiger partial charge in [0, 0.05) is 30.8 Å². The van der Waals surface area contributed by atoms with Crippen LogP contribution in [0.5, 0.6) is 5.75 Å². The van der Waals surface area contributed by atoms with Crippen molar-refractivity contribution in [1.29, 1.82) is 0 Å². The maximum Gasteiger partial charge on any atom is 0.573 e. The quantitative estimate of drug-likeness (QED) is 0.586. The van der Waals surface area contributed by atoms with E-state index in [0.29, 0.717) is 16.3 Å². The zero-order valence-electron chi connectivity index (χ0n) is 16.5. The van der Waals surface area contributed by atoms with Crippen LogP contribution in [0.1, 0.15) is 26.3 Å². The molecule has 1 aromatic rings. The van der Waals surface area contributed by atoms with Crippen LogP contribution in [0.15, 0.2) is 52.2 Å². The minimum absolute atomic E-state index is 0.0232. The summed E-state index contributed by atoms with van der Waals surface area (Å²) in [5, 5.41) is 13.2. The van der Waals surface area contributed by atoms with Gasteiger partial charge in [0.2, 0.25) is 0 Å². The van der Waals surface area contributed by atoms with Crippen molar-refractivity contribution in [1.82, 2.24) is 10.4 Å². The molecular weight excluding hydrogens is 387 g/mol. The summed E-state index contributed by atoms with van der Waals surface area (Å²) in [7, 11) is 1.42. The van der Waals surface area contributed by atoms with E-state index in [1.807, 2.05) is 0 Å². The minimum Gasteiger partial charge on any atom is -0.405 e. The summed E-state index contributed by atoms with van der Waals surface area (Å²) in [4.78, 5) is 15.8. The lowest BCUT2D eigenvalue weighted by Gasteiger charge is -2.27. The summed E-state index contributed by atoms with van der Waals surface area (Å²) >= 11 is 0. The molecule has 2 rings (SSSR count). The number of allylic oxidation sites excluding steroid dienone is 1. The molecule has 1 heterocycles. The fraction of sp³-hybridized carbons (Fsp3) is 0.300. The van der Waals surface area contributed by atoms with Crippen molar-refractivity contribution >= 4 is 11.7 Å². The Kier molecular flexibility index (Phi) is 8.48. The molecule has 1 aliphatic heterocycles. The SMILES string of the molecule is C#CC.CN=C1C(=C(C)C)C(NCc2ccccc2OC(F)(F)F)=CC(=O)N1O. The molecule has 0 saturated heterocycles. The van der Waals surface area contributed by atoms with Crippen molar-refractivity contribution in [3.05, 3.63) is 52.7 Å². The highest BCUT2D eigenvalue weighted by atomic mass is 19.4. The molecule has 2 N–H and O–H groups in total. The fourth-order valence-corrected chi connectivity index (χ4v) is 2.49. The molecule has 1 aromatic carbocycles.